The number of aromatic nitrogens is 2. The predicted octanol–water partition coefficient (Wildman–Crippen LogP) is 1.10. The molecule has 0 bridgehead atoms. The van der Waals surface area contributed by atoms with Gasteiger partial charge in [-0.25, -0.2) is 4.79 Å². The number of nitrogens with zero attached hydrogens (tertiary/aromatic N) is 2. The van der Waals surface area contributed by atoms with Crippen molar-refractivity contribution in [3.8, 4) is 0 Å². The Hall–Kier alpha value is -2.35. The molecule has 0 aliphatic carbocycles. The third-order valence-electron chi connectivity index (χ3n) is 2.36. The summed E-state index contributed by atoms with van der Waals surface area (Å²) < 4.78 is 6.07. The highest BCUT2D eigenvalue weighted by molar-refractivity contribution is 7.12. The summed E-state index contributed by atoms with van der Waals surface area (Å²) in [5.41, 5.74) is 6.43. The molecule has 2 heterocycles. The van der Waals surface area contributed by atoms with Gasteiger partial charge in [0.1, 0.15) is 4.88 Å². The second-order valence-corrected chi connectivity index (χ2v) is 4.63. The summed E-state index contributed by atoms with van der Waals surface area (Å²) in [5.74, 6) is -0.971. The van der Waals surface area contributed by atoms with Crippen LogP contribution < -0.4 is 11.1 Å². The number of nitrogens with two attached hydrogens (primary N) is 1. The topological polar surface area (TPSA) is 99.2 Å². The van der Waals surface area contributed by atoms with Gasteiger partial charge in [0.05, 0.1) is 18.5 Å². The number of nitrogens with one attached hydrogen (secondary N) is 1. The Morgan fingerprint density at radius 2 is 2.26 bits per heavy atom. The highest BCUT2D eigenvalue weighted by Crippen LogP contribution is 2.24. The van der Waals surface area contributed by atoms with Gasteiger partial charge >= 0.3 is 5.97 Å². The minimum Gasteiger partial charge on any atom is -0.465 e. The first-order chi connectivity index (χ1) is 9.02. The van der Waals surface area contributed by atoms with Gasteiger partial charge < -0.3 is 15.8 Å². The highest BCUT2D eigenvalue weighted by atomic mass is 32.1. The number of hydrogen-bond acceptors (Lipinski definition) is 6. The van der Waals surface area contributed by atoms with Crippen LogP contribution in [0, 0.1) is 0 Å². The maximum atomic E-state index is 12.0. The van der Waals surface area contributed by atoms with Gasteiger partial charge in [0.25, 0.3) is 5.91 Å². The Kier molecular flexibility index (Phi) is 3.52. The molecule has 0 spiro atoms. The van der Waals surface area contributed by atoms with E-state index < -0.39 is 11.9 Å². The molecule has 0 aromatic carbocycles. The van der Waals surface area contributed by atoms with Gasteiger partial charge in [-0.3, -0.25) is 9.48 Å². The summed E-state index contributed by atoms with van der Waals surface area (Å²) in [5, 5.41) is 8.23. The second kappa shape index (κ2) is 5.11. The molecule has 7 nitrogen and oxygen atoms in total. The number of hydrogen-bond donors (Lipinski definition) is 2. The Morgan fingerprint density at radius 1 is 1.53 bits per heavy atom. The predicted molar refractivity (Wildman–Crippen MR) is 71.2 cm³/mol. The lowest BCUT2D eigenvalue weighted by molar-refractivity contribution is 0.0607. The average molecular weight is 280 g/mol. The molecule has 0 atom stereocenters. The fourth-order valence-electron chi connectivity index (χ4n) is 1.52. The molecule has 3 N–H and O–H groups in total. The number of rotatable bonds is 3. The number of nitrogen functional groups attached to an aromatic ring is 1. The molecular weight excluding hydrogens is 268 g/mol. The smallest absolute Gasteiger partial charge is 0.350 e. The summed E-state index contributed by atoms with van der Waals surface area (Å²) in [6, 6.07) is 1.62. The second-order valence-electron chi connectivity index (χ2n) is 3.72. The Bertz CT molecular complexity index is 632. The van der Waals surface area contributed by atoms with Crippen LogP contribution in [0.25, 0.3) is 0 Å². The van der Waals surface area contributed by atoms with Gasteiger partial charge in [-0.15, -0.1) is 11.3 Å². The lowest BCUT2D eigenvalue weighted by atomic mass is 10.3. The van der Waals surface area contributed by atoms with Crippen molar-refractivity contribution in [3.05, 3.63) is 28.2 Å². The zero-order valence-corrected chi connectivity index (χ0v) is 11.2. The van der Waals surface area contributed by atoms with Crippen molar-refractivity contribution in [1.82, 2.24) is 9.78 Å². The van der Waals surface area contributed by atoms with Gasteiger partial charge in [0, 0.05) is 13.2 Å². The first-order valence-electron chi connectivity index (χ1n) is 5.29. The molecule has 0 radical (unpaired) electrons. The van der Waals surface area contributed by atoms with Crippen LogP contribution >= 0.6 is 11.3 Å². The summed E-state index contributed by atoms with van der Waals surface area (Å²) in [7, 11) is 2.95. The minimum absolute atomic E-state index is 0.115. The third kappa shape index (κ3) is 2.58. The van der Waals surface area contributed by atoms with Gasteiger partial charge in [-0.2, -0.15) is 5.10 Å². The molecule has 100 valence electrons. The number of anilines is 2. The Labute approximate surface area is 113 Å². The van der Waals surface area contributed by atoms with E-state index in [9.17, 15) is 9.59 Å². The van der Waals surface area contributed by atoms with E-state index in [1.54, 1.807) is 18.5 Å². The first-order valence-corrected chi connectivity index (χ1v) is 6.17. The van der Waals surface area contributed by atoms with Crippen molar-refractivity contribution in [2.75, 3.05) is 18.2 Å². The van der Waals surface area contributed by atoms with E-state index in [1.807, 2.05) is 0 Å². The number of thiophene rings is 1. The molecular formula is C11H12N4O3S. The molecule has 0 fully saturated rings. The lowest BCUT2D eigenvalue weighted by Gasteiger charge is -2.04. The third-order valence-corrected chi connectivity index (χ3v) is 3.25. The molecule has 0 aliphatic rings. The largest absolute Gasteiger partial charge is 0.465 e. The maximum absolute atomic E-state index is 12.0. The summed E-state index contributed by atoms with van der Waals surface area (Å²) in [6.07, 6.45) is 1.53. The summed E-state index contributed by atoms with van der Waals surface area (Å²) in [4.78, 5) is 23.8. The van der Waals surface area contributed by atoms with Crippen molar-refractivity contribution >= 4 is 34.6 Å². The minimum atomic E-state index is -0.501. The van der Waals surface area contributed by atoms with Crippen LogP contribution in [-0.2, 0) is 11.8 Å². The van der Waals surface area contributed by atoms with E-state index >= 15 is 0 Å². The van der Waals surface area contributed by atoms with Crippen molar-refractivity contribution < 1.29 is 14.3 Å². The SMILES string of the molecule is COC(=O)c1sccc1NC(=O)c1nn(C)cc1N. The van der Waals surface area contributed by atoms with E-state index in [2.05, 4.69) is 15.2 Å². The fourth-order valence-corrected chi connectivity index (χ4v) is 2.29. The zero-order valence-electron chi connectivity index (χ0n) is 10.3. The van der Waals surface area contributed by atoms with Crippen LogP contribution in [-0.4, -0.2) is 28.8 Å². The first kappa shape index (κ1) is 13.1. The van der Waals surface area contributed by atoms with Gasteiger partial charge in [-0.1, -0.05) is 0 Å². The molecule has 2 rings (SSSR count). The molecule has 2 aromatic rings. The van der Waals surface area contributed by atoms with E-state index in [4.69, 9.17) is 5.73 Å². The highest BCUT2D eigenvalue weighted by Gasteiger charge is 2.19. The molecule has 0 saturated heterocycles. The van der Waals surface area contributed by atoms with Crippen LogP contribution in [0.4, 0.5) is 11.4 Å². The van der Waals surface area contributed by atoms with Crippen molar-refractivity contribution in [2.24, 2.45) is 7.05 Å². The van der Waals surface area contributed by atoms with Crippen molar-refractivity contribution in [1.29, 1.82) is 0 Å². The molecule has 2 aromatic heterocycles. The lowest BCUT2D eigenvalue weighted by Crippen LogP contribution is -2.16. The molecule has 0 unspecified atom stereocenters. The van der Waals surface area contributed by atoms with E-state index in [1.165, 1.54) is 29.3 Å². The standard InChI is InChI=1S/C11H12N4O3S/c1-15-5-6(12)8(14-15)10(16)13-7-3-4-19-9(7)11(17)18-2/h3-5H,12H2,1-2H3,(H,13,16). The number of aryl methyl sites for hydroxylation is 1. The zero-order chi connectivity index (χ0) is 14.0. The van der Waals surface area contributed by atoms with Crippen LogP contribution in [0.2, 0.25) is 0 Å². The molecule has 0 saturated carbocycles. The van der Waals surface area contributed by atoms with Gasteiger partial charge in [0.15, 0.2) is 5.69 Å². The van der Waals surface area contributed by atoms with E-state index in [0.29, 0.717) is 10.6 Å². The molecule has 0 aliphatic heterocycles. The quantitative estimate of drug-likeness (QED) is 0.820. The van der Waals surface area contributed by atoms with Crippen LogP contribution in [0.3, 0.4) is 0 Å². The monoisotopic (exact) mass is 280 g/mol. The fraction of sp³-hybridized carbons (Fsp3) is 0.182. The Balaban J connectivity index is 2.22. The van der Waals surface area contributed by atoms with Crippen LogP contribution in [0.1, 0.15) is 20.2 Å². The average Bonchev–Trinajstić information content (AvgIpc) is 2.95. The summed E-state index contributed by atoms with van der Waals surface area (Å²) in [6.45, 7) is 0. The van der Waals surface area contributed by atoms with Crippen molar-refractivity contribution in [2.45, 2.75) is 0 Å². The van der Waals surface area contributed by atoms with Gasteiger partial charge in [0.2, 0.25) is 0 Å². The van der Waals surface area contributed by atoms with E-state index in [0.717, 1.165) is 0 Å². The Morgan fingerprint density at radius 3 is 2.84 bits per heavy atom. The van der Waals surface area contributed by atoms with Crippen LogP contribution in [0.15, 0.2) is 17.6 Å². The molecule has 19 heavy (non-hydrogen) atoms. The van der Waals surface area contributed by atoms with Gasteiger partial charge in [-0.05, 0) is 11.4 Å². The number of ether oxygens (including phenoxy) is 1. The number of amides is 1. The molecule has 1 amide bonds. The number of methoxy groups -OCH3 is 1. The maximum Gasteiger partial charge on any atom is 0.350 e. The number of carbonyl (C=O) groups is 2. The number of carbonyl (C=O) groups excluding carboxylic acids is 2. The van der Waals surface area contributed by atoms with E-state index in [-0.39, 0.29) is 11.4 Å². The molecule has 8 heteroatoms. The van der Waals surface area contributed by atoms with Crippen molar-refractivity contribution in [3.63, 3.8) is 0 Å². The normalized spacial score (nSPS) is 10.2. The van der Waals surface area contributed by atoms with Crippen LogP contribution in [0.5, 0.6) is 0 Å². The summed E-state index contributed by atoms with van der Waals surface area (Å²) >= 11 is 1.18. The number of esters is 1.